The van der Waals surface area contributed by atoms with Crippen LogP contribution in [0.5, 0.6) is 11.5 Å². The monoisotopic (exact) mass is 832 g/mol. The van der Waals surface area contributed by atoms with E-state index >= 15 is 0 Å². The van der Waals surface area contributed by atoms with E-state index in [9.17, 15) is 28.5 Å². The number of hydrogen-bond donors (Lipinski definition) is 5. The van der Waals surface area contributed by atoms with Crippen LogP contribution in [0.1, 0.15) is 178 Å². The summed E-state index contributed by atoms with van der Waals surface area (Å²) in [5, 5.41) is 32.8. The molecule has 0 aliphatic carbocycles. The lowest BCUT2D eigenvalue weighted by Crippen LogP contribution is -2.60. The first-order valence-corrected chi connectivity index (χ1v) is 23.5. The predicted octanol–water partition coefficient (Wildman–Crippen LogP) is 8.22. The van der Waals surface area contributed by atoms with E-state index in [1.165, 1.54) is 103 Å². The first-order chi connectivity index (χ1) is 27.6. The molecular formula is C43H77NO12S. The number of hydrogen-bond acceptors (Lipinski definition) is 11. The summed E-state index contributed by atoms with van der Waals surface area (Å²) in [5.74, 6) is 1.07. The van der Waals surface area contributed by atoms with E-state index in [4.69, 9.17) is 23.5 Å². The Morgan fingerprint density at radius 2 is 1.09 bits per heavy atom. The van der Waals surface area contributed by atoms with Crippen LogP contribution in [0.2, 0.25) is 0 Å². The van der Waals surface area contributed by atoms with Gasteiger partial charge in [-0.3, -0.25) is 9.35 Å². The third-order valence-corrected chi connectivity index (χ3v) is 10.8. The van der Waals surface area contributed by atoms with Crippen LogP contribution in [0.3, 0.4) is 0 Å². The van der Waals surface area contributed by atoms with Crippen molar-refractivity contribution in [3.8, 4) is 11.5 Å². The number of aliphatic hydroxyl groups is 3. The average molecular weight is 832 g/mol. The number of nitrogens with one attached hydrogen (secondary N) is 1. The van der Waals surface area contributed by atoms with Crippen LogP contribution in [-0.4, -0.2) is 97.9 Å². The molecule has 1 aromatic rings. The highest BCUT2D eigenvalue weighted by Crippen LogP contribution is 2.27. The zero-order valence-electron chi connectivity index (χ0n) is 35.1. The highest BCUT2D eigenvalue weighted by Gasteiger charge is 2.47. The zero-order valence-corrected chi connectivity index (χ0v) is 35.9. The molecule has 1 amide bonds. The van der Waals surface area contributed by atoms with E-state index in [2.05, 4.69) is 23.3 Å². The lowest BCUT2D eigenvalue weighted by Gasteiger charge is -2.40. The molecule has 2 rings (SSSR count). The quantitative estimate of drug-likeness (QED) is 0.0322. The molecule has 1 heterocycles. The van der Waals surface area contributed by atoms with Crippen molar-refractivity contribution in [1.82, 2.24) is 5.32 Å². The van der Waals surface area contributed by atoms with Crippen LogP contribution in [0, 0.1) is 0 Å². The smallest absolute Gasteiger partial charge is 0.397 e. The Balaban J connectivity index is 1.78. The topological polar surface area (TPSA) is 190 Å². The summed E-state index contributed by atoms with van der Waals surface area (Å²) in [6.07, 6.45) is 19.9. The molecule has 0 spiro atoms. The summed E-state index contributed by atoms with van der Waals surface area (Å²) < 4.78 is 59.3. The fourth-order valence-electron chi connectivity index (χ4n) is 6.95. The van der Waals surface area contributed by atoms with Gasteiger partial charge in [-0.25, -0.2) is 4.18 Å². The zero-order chi connectivity index (χ0) is 41.6. The number of amides is 1. The van der Waals surface area contributed by atoms with Gasteiger partial charge in [0.15, 0.2) is 12.4 Å². The minimum Gasteiger partial charge on any atom is -0.493 e. The molecule has 1 aliphatic rings. The van der Waals surface area contributed by atoms with Crippen molar-refractivity contribution in [2.45, 2.75) is 199 Å². The third-order valence-electron chi connectivity index (χ3n) is 10.4. The normalized spacial score (nSPS) is 19.8. The van der Waals surface area contributed by atoms with Crippen LogP contribution >= 0.6 is 0 Å². The molecule has 1 fully saturated rings. The minimum atomic E-state index is -4.98. The van der Waals surface area contributed by atoms with Gasteiger partial charge >= 0.3 is 10.4 Å². The van der Waals surface area contributed by atoms with E-state index in [1.807, 2.05) is 6.07 Å². The number of rotatable bonds is 36. The second kappa shape index (κ2) is 31.8. The molecule has 0 unspecified atom stereocenters. The maximum atomic E-state index is 13.2. The van der Waals surface area contributed by atoms with Crippen molar-refractivity contribution in [3.63, 3.8) is 0 Å². The van der Waals surface area contributed by atoms with Crippen molar-refractivity contribution >= 4 is 16.3 Å². The number of unbranched alkanes of at least 4 members (excludes halogenated alkanes) is 21. The first kappa shape index (κ1) is 51.1. The third kappa shape index (κ3) is 24.0. The van der Waals surface area contributed by atoms with Gasteiger partial charge < -0.3 is 39.6 Å². The molecule has 13 nitrogen and oxygen atoms in total. The average Bonchev–Trinajstić information content (AvgIpc) is 3.18. The lowest BCUT2D eigenvalue weighted by molar-refractivity contribution is -0.295. The van der Waals surface area contributed by atoms with Crippen molar-refractivity contribution in [2.24, 2.45) is 0 Å². The lowest BCUT2D eigenvalue weighted by atomic mass is 9.99. The Bertz CT molecular complexity index is 1220. The van der Waals surface area contributed by atoms with Crippen LogP contribution in [0.4, 0.5) is 0 Å². The van der Waals surface area contributed by atoms with E-state index in [-0.39, 0.29) is 12.5 Å². The Morgan fingerprint density at radius 3 is 1.54 bits per heavy atom. The van der Waals surface area contributed by atoms with Gasteiger partial charge in [-0.05, 0) is 37.8 Å². The fraction of sp³-hybridized carbons (Fsp3) is 0.837. The van der Waals surface area contributed by atoms with Crippen molar-refractivity contribution in [3.05, 3.63) is 23.8 Å². The Kier molecular flexibility index (Phi) is 28.5. The number of aliphatic hydroxyl groups excluding tert-OH is 3. The Morgan fingerprint density at radius 1 is 0.649 bits per heavy atom. The molecule has 5 atom stereocenters. The summed E-state index contributed by atoms with van der Waals surface area (Å²) in [7, 11) is -4.98. The molecule has 1 saturated heterocycles. The van der Waals surface area contributed by atoms with Crippen LogP contribution in [0.15, 0.2) is 18.2 Å². The van der Waals surface area contributed by atoms with Crippen molar-refractivity contribution < 1.29 is 56.2 Å². The Hall–Kier alpha value is -2.04. The molecule has 5 N–H and O–H groups in total. The summed E-state index contributed by atoms with van der Waals surface area (Å²) in [6.45, 7) is 5.58. The van der Waals surface area contributed by atoms with Gasteiger partial charge in [0.1, 0.15) is 29.8 Å². The molecule has 332 valence electrons. The van der Waals surface area contributed by atoms with E-state index in [1.54, 1.807) is 12.1 Å². The van der Waals surface area contributed by atoms with Crippen molar-refractivity contribution in [1.29, 1.82) is 0 Å². The van der Waals surface area contributed by atoms with Crippen LogP contribution in [-0.2, 0) is 24.1 Å². The summed E-state index contributed by atoms with van der Waals surface area (Å²) in [5.41, 5.74) is 0.490. The Labute approximate surface area is 343 Å². The molecule has 0 saturated carbocycles. The first-order valence-electron chi connectivity index (χ1n) is 22.2. The van der Waals surface area contributed by atoms with E-state index < -0.39 is 47.7 Å². The molecule has 1 aromatic carbocycles. The number of ether oxygens (including phenoxy) is 4. The standard InChI is InChI=1S/C43H77NO12S/c1-3-5-7-9-11-13-15-17-20-24-28-52-36-31-35(32-37(33-36)53-29-25-21-18-16-14-12-10-8-6-4-2)42(48)44-27-23-19-22-26-30-54-43-41(56-57(49,50)51)40(47)39(46)38(34-45)55-43/h31-33,38-41,43,45-47H,3-30,34H2,1-2H3,(H,44,48)(H,49,50,51)/t38-,39+,40+,41-,43-/m1/s1. The van der Waals surface area contributed by atoms with Crippen LogP contribution in [0.25, 0.3) is 0 Å². The molecule has 0 radical (unpaired) electrons. The number of benzene rings is 1. The molecule has 14 heteroatoms. The van der Waals surface area contributed by atoms with Gasteiger partial charge in [0.2, 0.25) is 0 Å². The highest BCUT2D eigenvalue weighted by atomic mass is 32.3. The van der Waals surface area contributed by atoms with Crippen molar-refractivity contribution in [2.75, 3.05) is 33.0 Å². The summed E-state index contributed by atoms with van der Waals surface area (Å²) >= 11 is 0. The molecule has 0 aromatic heterocycles. The van der Waals surface area contributed by atoms with Crippen LogP contribution < -0.4 is 14.8 Å². The highest BCUT2D eigenvalue weighted by molar-refractivity contribution is 7.80. The molecule has 1 aliphatic heterocycles. The molecule has 0 bridgehead atoms. The molecular weight excluding hydrogens is 755 g/mol. The molecule has 57 heavy (non-hydrogen) atoms. The second-order valence-electron chi connectivity index (χ2n) is 15.5. The van der Waals surface area contributed by atoms with E-state index in [0.717, 1.165) is 32.1 Å². The van der Waals surface area contributed by atoms with Gasteiger partial charge in [-0.1, -0.05) is 142 Å². The fourth-order valence-corrected chi connectivity index (χ4v) is 7.43. The van der Waals surface area contributed by atoms with Gasteiger partial charge in [-0.15, -0.1) is 0 Å². The maximum absolute atomic E-state index is 13.2. The summed E-state index contributed by atoms with van der Waals surface area (Å²) in [6, 6.07) is 5.44. The van der Waals surface area contributed by atoms with Gasteiger partial charge in [0, 0.05) is 24.8 Å². The maximum Gasteiger partial charge on any atom is 0.397 e. The van der Waals surface area contributed by atoms with Gasteiger partial charge in [0.05, 0.1) is 19.8 Å². The summed E-state index contributed by atoms with van der Waals surface area (Å²) in [4.78, 5) is 13.2. The van der Waals surface area contributed by atoms with Gasteiger partial charge in [0.25, 0.3) is 5.91 Å². The number of carbonyl (C=O) groups is 1. The predicted molar refractivity (Wildman–Crippen MR) is 222 cm³/mol. The largest absolute Gasteiger partial charge is 0.493 e. The number of carbonyl (C=O) groups excluding carboxylic acids is 1. The van der Waals surface area contributed by atoms with Gasteiger partial charge in [-0.2, -0.15) is 8.42 Å². The second-order valence-corrected chi connectivity index (χ2v) is 16.5. The van der Waals surface area contributed by atoms with E-state index in [0.29, 0.717) is 56.1 Å². The SMILES string of the molecule is CCCCCCCCCCCCOc1cc(OCCCCCCCCCCCC)cc(C(=O)NCCCCCCO[C@@H]2O[C@H](CO)[C@H](O)[C@H](O)[C@H]2OS(=O)(=O)O)c1. The minimum absolute atomic E-state index is 0.0944.